The summed E-state index contributed by atoms with van der Waals surface area (Å²) in [5.41, 5.74) is 1.31. The van der Waals surface area contributed by atoms with Gasteiger partial charge in [0.2, 0.25) is 5.78 Å². The molecule has 0 bridgehead atoms. The molecule has 1 N–H and O–H groups in total. The van der Waals surface area contributed by atoms with Crippen LogP contribution in [0.25, 0.3) is 0 Å². The third-order valence-electron chi connectivity index (χ3n) is 18.2. The summed E-state index contributed by atoms with van der Waals surface area (Å²) in [6.07, 6.45) is 10.4. The molecule has 1 aliphatic heterocycles. The van der Waals surface area contributed by atoms with E-state index in [1.807, 2.05) is 20.0 Å². The molecule has 1 aliphatic rings. The Balaban J connectivity index is -0.000000302. The van der Waals surface area contributed by atoms with Crippen LogP contribution >= 0.6 is 64.9 Å². The highest BCUT2D eigenvalue weighted by atomic mass is 79.9. The lowest BCUT2D eigenvalue weighted by Gasteiger charge is -2.41. The molecule has 832 valence electrons. The second-order valence-electron chi connectivity index (χ2n) is 43.7. The zero-order valence-electron chi connectivity index (χ0n) is 95.1. The van der Waals surface area contributed by atoms with E-state index in [4.69, 9.17) is 111 Å². The fourth-order valence-electron chi connectivity index (χ4n) is 14.4. The van der Waals surface area contributed by atoms with Crippen molar-refractivity contribution in [1.29, 1.82) is 0 Å². The van der Waals surface area contributed by atoms with Gasteiger partial charge in [-0.1, -0.05) is 75.2 Å². The molecule has 1 fully saturated rings. The number of ether oxygens (including phenoxy) is 5. The van der Waals surface area contributed by atoms with E-state index in [0.717, 1.165) is 145 Å². The number of carbonyl (C=O) groups is 5. The van der Waals surface area contributed by atoms with E-state index in [0.29, 0.717) is 43.0 Å². The Morgan fingerprint density at radius 3 is 0.755 bits per heavy atom. The molecule has 4 unspecified atom stereocenters. The molecule has 4 atom stereocenters. The predicted molar refractivity (Wildman–Crippen MR) is 638 cm³/mol. The monoisotopic (exact) mass is 2460 g/mol. The Morgan fingerprint density at radius 2 is 0.568 bits per heavy atom. The predicted octanol–water partition coefficient (Wildman–Crippen LogP) is 23.8. The molecule has 0 spiro atoms. The molecule has 30 nitrogen and oxygen atoms in total. The third kappa shape index (κ3) is 105. The lowest BCUT2D eigenvalue weighted by atomic mass is 10.4. The zero-order valence-corrected chi connectivity index (χ0v) is 121. The van der Waals surface area contributed by atoms with Crippen molar-refractivity contribution in [2.75, 3.05) is 78.0 Å². The minimum atomic E-state index is -2.75. The van der Waals surface area contributed by atoms with Crippen LogP contribution in [0.1, 0.15) is 112 Å². The largest absolute Gasteiger partial charge is 0.839 e. The first-order chi connectivity index (χ1) is 62.6. The first-order valence-corrected chi connectivity index (χ1v) is 107. The van der Waals surface area contributed by atoms with Gasteiger partial charge in [0.05, 0.1) is 48.2 Å². The van der Waals surface area contributed by atoms with Gasteiger partial charge >= 0.3 is 101 Å². The van der Waals surface area contributed by atoms with Crippen LogP contribution in [-0.2, 0) is 123 Å². The van der Waals surface area contributed by atoms with Crippen LogP contribution in [0, 0.1) is 0 Å². The van der Waals surface area contributed by atoms with Crippen LogP contribution in [-0.4, -0.2) is 274 Å². The van der Waals surface area contributed by atoms with E-state index in [1.165, 1.54) is 19.8 Å². The highest BCUT2D eigenvalue weighted by Gasteiger charge is 2.48. The summed E-state index contributed by atoms with van der Waals surface area (Å²) < 4.78 is 133. The van der Waals surface area contributed by atoms with Gasteiger partial charge < -0.3 is 109 Å². The Morgan fingerprint density at radius 1 is 0.345 bits per heavy atom. The maximum atomic E-state index is 11.7. The van der Waals surface area contributed by atoms with Crippen molar-refractivity contribution in [3.05, 3.63) is 36.5 Å². The summed E-state index contributed by atoms with van der Waals surface area (Å²) in [6, 6.07) is 7.67. The minimum absolute atomic E-state index is 0.188. The molecular formula is C84H205BrClO30P4Si19-. The molecule has 1 saturated heterocycles. The quantitative estimate of drug-likeness (QED) is 0.00680. The van der Waals surface area contributed by atoms with Crippen LogP contribution < -0.4 is 4.80 Å². The van der Waals surface area contributed by atoms with Crippen molar-refractivity contribution in [2.24, 2.45) is 0 Å². The van der Waals surface area contributed by atoms with E-state index < -0.39 is 173 Å². The smallest absolute Gasteiger partial charge is 0.374 e. The number of aliphatic hydroxyl groups excluding tert-OH is 1. The lowest BCUT2D eigenvalue weighted by Crippen LogP contribution is -2.58. The number of hydrogen-bond donors (Lipinski definition) is 1. The number of carbonyl (C=O) groups excluding carboxylic acids is 5. The summed E-state index contributed by atoms with van der Waals surface area (Å²) in [4.78, 5) is 67.7. The Bertz CT molecular complexity index is 3330. The van der Waals surface area contributed by atoms with Gasteiger partial charge in [0, 0.05) is 99.9 Å². The standard InChI is InChI=1S/C20H46O6Si4.C18H43O6PSi4.C17H40O7Si4.C9H17ClO2Si.C9H26O4PSi3.C4H14O3Si3.C4H11OP.C3H8BrOP/c1-12-22-15-13-17-27(4,5)24-29(8,9)26-30(10,11)25-28(6,7)18-14-16-23-20(21)19(2)3;1-17(2)18(19)20-13-11-15-26(3,4)22-28(7,8)24-29(9,10)23-27(5,6)16-12-14-21-25;1-16(19)17(20)21-13-11-15-26(4,5)23-28(8,9)24-27(6,7)22-25(2,3)14-10-12-18;1-8(2)9(11)12-6-5-7-13(3,4)10;1-15(2,9-7-8-11-14)12-17(5,6)13-16(3,4)10;1-9(2)5-8-6-10(3,4)7-9;1-2-3-4-5-6;4-2-1-3-5-6/h2,12-18H2,1,3-11H3;1,11-16,25H2,2-10H3;18H,10-15H2,1-9H3;1,5-7H2,2-4H3;7-9,14H2,1-6H3;8H2,1-4H3;2-4,6H2,1H3;1-3,6H2/q;;;;-1;;;. The molecule has 0 saturated carbocycles. The highest BCUT2D eigenvalue weighted by molar-refractivity contribution is 9.09. The molecule has 55 heteroatoms. The molecule has 1 heterocycles. The first-order valence-electron chi connectivity index (χ1n) is 48.8. The molecule has 139 heavy (non-hydrogen) atoms. The van der Waals surface area contributed by atoms with Crippen molar-refractivity contribution in [3.8, 4) is 0 Å². The molecule has 0 aromatic carbocycles. The fourth-order valence-corrected chi connectivity index (χ4v) is 95.8. The number of aliphatic hydroxyl groups is 1. The number of unbranched alkanes of at least 4 members (excludes halogenated alkanes) is 1. The number of hydrogen-bond acceptors (Lipinski definition) is 30. The summed E-state index contributed by atoms with van der Waals surface area (Å²) in [5.74, 6) is -2.33. The molecule has 0 aromatic heterocycles. The molecule has 0 aromatic rings. The number of esters is 4. The normalized spacial score (nSPS) is 14.1. The van der Waals surface area contributed by atoms with Gasteiger partial charge in [-0.2, -0.15) is 11.1 Å². The number of rotatable bonds is 64. The van der Waals surface area contributed by atoms with Gasteiger partial charge in [-0.15, -0.1) is 0 Å². The van der Waals surface area contributed by atoms with Gasteiger partial charge in [-0.3, -0.25) is 4.79 Å². The lowest BCUT2D eigenvalue weighted by molar-refractivity contribution is -0.228. The summed E-state index contributed by atoms with van der Waals surface area (Å²) in [6.45, 7) is 103. The summed E-state index contributed by atoms with van der Waals surface area (Å²) >= 11 is 9.35. The van der Waals surface area contributed by atoms with E-state index in [1.54, 1.807) is 33.9 Å². The van der Waals surface area contributed by atoms with Crippen LogP contribution in [0.15, 0.2) is 36.5 Å². The summed E-state index contributed by atoms with van der Waals surface area (Å²) in [5, 5.41) is 10.1. The van der Waals surface area contributed by atoms with Gasteiger partial charge in [0.25, 0.3) is 10.0 Å². The first kappa shape index (κ1) is 154. The van der Waals surface area contributed by atoms with E-state index in [2.05, 4.69) is 294 Å². The Labute approximate surface area is 892 Å². The molecular weight excluding hydrogens is 2260 g/mol. The molecule has 0 radical (unpaired) electrons. The summed E-state index contributed by atoms with van der Waals surface area (Å²) in [7, 11) is -28.9. The molecule has 1 rings (SSSR count). The average molecular weight is 2470 g/mol. The molecule has 0 amide bonds. The number of alkyl halides is 1. The number of ketones is 1. The van der Waals surface area contributed by atoms with E-state index in [-0.39, 0.29) is 31.1 Å². The van der Waals surface area contributed by atoms with Crippen molar-refractivity contribution in [1.82, 2.24) is 0 Å². The fraction of sp³-hybridized carbons (Fsp3) is 0.869. The van der Waals surface area contributed by atoms with Gasteiger partial charge in [-0.05, 0) is 350 Å². The maximum Gasteiger partial charge on any atom is 0.374 e. The number of Topliss-reactive ketones (excluding diaryl/α,β-unsaturated/α-hetero) is 1. The molecule has 0 aliphatic carbocycles. The van der Waals surface area contributed by atoms with Gasteiger partial charge in [0.15, 0.2) is 65.6 Å². The van der Waals surface area contributed by atoms with Crippen LogP contribution in [0.5, 0.6) is 0 Å². The van der Waals surface area contributed by atoms with Crippen LogP contribution in [0.4, 0.5) is 0 Å². The van der Waals surface area contributed by atoms with Crippen molar-refractivity contribution >= 4 is 256 Å². The van der Waals surface area contributed by atoms with Crippen LogP contribution in [0.2, 0.25) is 284 Å². The Kier molecular flexibility index (Phi) is 84.6. The minimum Gasteiger partial charge on any atom is -0.839 e. The number of halogens is 2. The maximum absolute atomic E-state index is 11.7. The van der Waals surface area contributed by atoms with Crippen molar-refractivity contribution < 1.29 is 133 Å². The van der Waals surface area contributed by atoms with Crippen LogP contribution in [0.3, 0.4) is 0 Å². The van der Waals surface area contributed by atoms with Crippen molar-refractivity contribution in [3.63, 3.8) is 0 Å². The zero-order chi connectivity index (χ0) is 111. The average Bonchev–Trinajstić information content (AvgIpc) is 0.823. The topological polar surface area (TPSA) is 341 Å². The third-order valence-corrected chi connectivity index (χ3v) is 88.1. The SMILES string of the molecule is C=C(C)C(=O)OCCC[Si](C)(C)Cl.C=C(C)C(=O)OCCC[Si](C)(C)O[Si](C)(C)O[Si](C)(C)O[Si](C)(C)CCCOCC.C=C(C)C(=O)OCCC[Si](C)(C)O[Si](C)(C)O[Si](C)(C)O[Si](C)(C)CCCOP.CC(=O)C(=O)OCCC[Si](C)(C)O[Si](C)(C)O[Si](C)(C)O[Si](C)(C)CCCO.CCCCOP.C[Si](C)([O-])O[Si](C)(C)O[Si](C)(C)CCCOP.C[Si]1(C)O[SiH2]O[Si](C)(C)O1.POCCCBr. The van der Waals surface area contributed by atoms with Crippen molar-refractivity contribution in [2.45, 2.75) is 396 Å². The van der Waals surface area contributed by atoms with E-state index >= 15 is 0 Å². The highest BCUT2D eigenvalue weighted by Crippen LogP contribution is 2.33. The van der Waals surface area contributed by atoms with Gasteiger partial charge in [0.1, 0.15) is 0 Å². The van der Waals surface area contributed by atoms with Gasteiger partial charge in [-0.25, -0.2) is 19.2 Å². The Hall–Kier alpha value is 2.54. The second-order valence-corrected chi connectivity index (χ2v) is 121. The van der Waals surface area contributed by atoms with E-state index in [9.17, 15) is 28.8 Å². The second kappa shape index (κ2) is 76.2.